The van der Waals surface area contributed by atoms with Crippen LogP contribution in [0.1, 0.15) is 56.7 Å². The van der Waals surface area contributed by atoms with Crippen LogP contribution in [-0.2, 0) is 6.54 Å². The van der Waals surface area contributed by atoms with E-state index in [9.17, 15) is 13.2 Å². The maximum atomic E-state index is 12.0. The molecule has 0 saturated heterocycles. The van der Waals surface area contributed by atoms with Gasteiger partial charge in [0.15, 0.2) is 5.82 Å². The van der Waals surface area contributed by atoms with E-state index in [0.29, 0.717) is 11.7 Å². The summed E-state index contributed by atoms with van der Waals surface area (Å²) in [5.41, 5.74) is 0. The summed E-state index contributed by atoms with van der Waals surface area (Å²) in [7, 11) is 0. The quantitative estimate of drug-likeness (QED) is 0.903. The van der Waals surface area contributed by atoms with Gasteiger partial charge in [-0.2, -0.15) is 18.2 Å². The minimum absolute atomic E-state index is 0.0452. The maximum absolute atomic E-state index is 12.0. The van der Waals surface area contributed by atoms with Crippen molar-refractivity contribution in [1.82, 2.24) is 15.5 Å². The van der Waals surface area contributed by atoms with Gasteiger partial charge < -0.3 is 9.84 Å². The van der Waals surface area contributed by atoms with Gasteiger partial charge in [0.1, 0.15) is 0 Å². The van der Waals surface area contributed by atoms with Crippen LogP contribution in [0.25, 0.3) is 0 Å². The molecule has 1 N–H and O–H groups in total. The van der Waals surface area contributed by atoms with Crippen molar-refractivity contribution in [3.05, 3.63) is 11.7 Å². The minimum atomic E-state index is -4.22. The number of halogens is 3. The molecule has 1 aromatic rings. The van der Waals surface area contributed by atoms with E-state index in [2.05, 4.69) is 22.4 Å². The SMILES string of the molecule is CCC1CCCC(c2noc(CNCC(F)(F)F)n2)C1. The molecule has 0 bridgehead atoms. The first-order valence-corrected chi connectivity index (χ1v) is 7.08. The molecule has 7 heteroatoms. The number of rotatable bonds is 5. The highest BCUT2D eigenvalue weighted by atomic mass is 19.4. The average Bonchev–Trinajstić information content (AvgIpc) is 2.86. The molecule has 4 nitrogen and oxygen atoms in total. The second-order valence-corrected chi connectivity index (χ2v) is 5.40. The monoisotopic (exact) mass is 291 g/mol. The molecule has 1 heterocycles. The van der Waals surface area contributed by atoms with Crippen LogP contribution in [-0.4, -0.2) is 22.9 Å². The predicted octanol–water partition coefficient (Wildman–Crippen LogP) is 3.41. The van der Waals surface area contributed by atoms with Gasteiger partial charge in [0.25, 0.3) is 0 Å². The maximum Gasteiger partial charge on any atom is 0.401 e. The third-order valence-electron chi connectivity index (χ3n) is 3.81. The molecule has 1 fully saturated rings. The van der Waals surface area contributed by atoms with E-state index in [0.717, 1.165) is 25.7 Å². The van der Waals surface area contributed by atoms with Gasteiger partial charge in [-0.05, 0) is 18.8 Å². The van der Waals surface area contributed by atoms with Crippen LogP contribution >= 0.6 is 0 Å². The van der Waals surface area contributed by atoms with Crippen molar-refractivity contribution in [2.75, 3.05) is 6.54 Å². The largest absolute Gasteiger partial charge is 0.401 e. The van der Waals surface area contributed by atoms with Crippen LogP contribution in [0, 0.1) is 5.92 Å². The molecule has 0 aromatic carbocycles. The first-order valence-electron chi connectivity index (χ1n) is 7.08. The van der Waals surface area contributed by atoms with E-state index in [1.165, 1.54) is 6.42 Å². The Kier molecular flexibility index (Phi) is 5.01. The van der Waals surface area contributed by atoms with Crippen LogP contribution in [0.2, 0.25) is 0 Å². The third kappa shape index (κ3) is 4.47. The number of hydrogen-bond donors (Lipinski definition) is 1. The molecule has 0 amide bonds. The molecule has 1 aliphatic rings. The molecule has 20 heavy (non-hydrogen) atoms. The zero-order valence-corrected chi connectivity index (χ0v) is 11.5. The Bertz CT molecular complexity index is 419. The van der Waals surface area contributed by atoms with Crippen molar-refractivity contribution in [1.29, 1.82) is 0 Å². The van der Waals surface area contributed by atoms with Crippen LogP contribution in [0.15, 0.2) is 4.52 Å². The molecule has 0 aliphatic heterocycles. The van der Waals surface area contributed by atoms with Gasteiger partial charge in [-0.25, -0.2) is 0 Å². The lowest BCUT2D eigenvalue weighted by atomic mass is 9.80. The van der Waals surface area contributed by atoms with E-state index in [1.54, 1.807) is 0 Å². The second-order valence-electron chi connectivity index (χ2n) is 5.40. The number of nitrogens with one attached hydrogen (secondary N) is 1. The van der Waals surface area contributed by atoms with Gasteiger partial charge in [0.05, 0.1) is 13.1 Å². The smallest absolute Gasteiger partial charge is 0.338 e. The topological polar surface area (TPSA) is 51.0 Å². The molecular formula is C13H20F3N3O. The van der Waals surface area contributed by atoms with Crippen LogP contribution in [0.3, 0.4) is 0 Å². The van der Waals surface area contributed by atoms with Gasteiger partial charge in [0.2, 0.25) is 5.89 Å². The Balaban J connectivity index is 1.85. The molecule has 1 aliphatic carbocycles. The molecule has 2 rings (SSSR count). The number of nitrogens with zero attached hydrogens (tertiary/aromatic N) is 2. The first kappa shape index (κ1) is 15.3. The van der Waals surface area contributed by atoms with Crippen LogP contribution < -0.4 is 5.32 Å². The molecule has 1 aromatic heterocycles. The highest BCUT2D eigenvalue weighted by Crippen LogP contribution is 2.36. The molecular weight excluding hydrogens is 271 g/mol. The van der Waals surface area contributed by atoms with Crippen LogP contribution in [0.5, 0.6) is 0 Å². The van der Waals surface area contributed by atoms with Crippen molar-refractivity contribution in [3.63, 3.8) is 0 Å². The van der Waals surface area contributed by atoms with Crippen molar-refractivity contribution in [2.45, 2.75) is 57.7 Å². The second kappa shape index (κ2) is 6.56. The fourth-order valence-electron chi connectivity index (χ4n) is 2.71. The zero-order chi connectivity index (χ0) is 14.6. The van der Waals surface area contributed by atoms with Crippen molar-refractivity contribution in [2.24, 2.45) is 5.92 Å². The normalized spacial score (nSPS) is 24.0. The third-order valence-corrected chi connectivity index (χ3v) is 3.81. The van der Waals surface area contributed by atoms with E-state index >= 15 is 0 Å². The molecule has 2 unspecified atom stereocenters. The minimum Gasteiger partial charge on any atom is -0.338 e. The Hall–Kier alpha value is -1.11. The summed E-state index contributed by atoms with van der Waals surface area (Å²) in [4.78, 5) is 4.21. The van der Waals surface area contributed by atoms with E-state index in [-0.39, 0.29) is 18.4 Å². The van der Waals surface area contributed by atoms with Gasteiger partial charge in [0, 0.05) is 5.92 Å². The van der Waals surface area contributed by atoms with Gasteiger partial charge in [-0.1, -0.05) is 31.3 Å². The fourth-order valence-corrected chi connectivity index (χ4v) is 2.71. The average molecular weight is 291 g/mol. The summed E-state index contributed by atoms with van der Waals surface area (Å²) >= 11 is 0. The first-order chi connectivity index (χ1) is 9.48. The summed E-state index contributed by atoms with van der Waals surface area (Å²) in [6, 6.07) is 0. The van der Waals surface area contributed by atoms with Crippen molar-refractivity contribution in [3.8, 4) is 0 Å². The van der Waals surface area contributed by atoms with E-state index < -0.39 is 12.7 Å². The number of aromatic nitrogens is 2. The lowest BCUT2D eigenvalue weighted by Gasteiger charge is -2.26. The van der Waals surface area contributed by atoms with Gasteiger partial charge in [-0.3, -0.25) is 0 Å². The lowest BCUT2D eigenvalue weighted by Crippen LogP contribution is -2.28. The summed E-state index contributed by atoms with van der Waals surface area (Å²) < 4.78 is 41.0. The fraction of sp³-hybridized carbons (Fsp3) is 0.846. The van der Waals surface area contributed by atoms with E-state index in [1.807, 2.05) is 0 Å². The molecule has 2 atom stereocenters. The highest BCUT2D eigenvalue weighted by molar-refractivity contribution is 4.98. The van der Waals surface area contributed by atoms with Gasteiger partial charge >= 0.3 is 6.18 Å². The Morgan fingerprint density at radius 1 is 1.35 bits per heavy atom. The standard InChI is InChI=1S/C13H20F3N3O/c1-2-9-4-3-5-10(6-9)12-18-11(20-19-12)7-17-8-13(14,15)16/h9-10,17H,2-8H2,1H3. The predicted molar refractivity (Wildman–Crippen MR) is 67.0 cm³/mol. The molecule has 114 valence electrons. The Labute approximate surface area is 116 Å². The summed E-state index contributed by atoms with van der Waals surface area (Å²) in [5.74, 6) is 1.85. The molecule has 0 spiro atoms. The zero-order valence-electron chi connectivity index (χ0n) is 11.5. The highest BCUT2D eigenvalue weighted by Gasteiger charge is 2.28. The van der Waals surface area contributed by atoms with Gasteiger partial charge in [-0.15, -0.1) is 0 Å². The Morgan fingerprint density at radius 2 is 2.15 bits per heavy atom. The Morgan fingerprint density at radius 3 is 2.85 bits per heavy atom. The van der Waals surface area contributed by atoms with Crippen LogP contribution in [0.4, 0.5) is 13.2 Å². The summed E-state index contributed by atoms with van der Waals surface area (Å²) in [6.07, 6.45) is 1.40. The lowest BCUT2D eigenvalue weighted by molar-refractivity contribution is -0.125. The molecule has 0 radical (unpaired) electrons. The van der Waals surface area contributed by atoms with Crippen molar-refractivity contribution < 1.29 is 17.7 Å². The number of hydrogen-bond acceptors (Lipinski definition) is 4. The summed E-state index contributed by atoms with van der Waals surface area (Å²) in [6.45, 7) is 1.08. The number of alkyl halides is 3. The van der Waals surface area contributed by atoms with Crippen molar-refractivity contribution >= 4 is 0 Å². The molecule has 1 saturated carbocycles. The summed E-state index contributed by atoms with van der Waals surface area (Å²) in [5, 5.41) is 6.17. The van der Waals surface area contributed by atoms with E-state index in [4.69, 9.17) is 4.52 Å².